The first-order chi connectivity index (χ1) is 21.8. The second-order valence-corrected chi connectivity index (χ2v) is 14.3. The number of aliphatic hydroxyl groups excluding tert-OH is 1. The second-order valence-electron chi connectivity index (χ2n) is 12.2. The molecule has 0 bridgehead atoms. The highest BCUT2D eigenvalue weighted by Gasteiger charge is 2.32. The van der Waals surface area contributed by atoms with Gasteiger partial charge in [-0.2, -0.15) is 4.31 Å². The topological polar surface area (TPSA) is 147 Å². The molecule has 0 saturated heterocycles. The van der Waals surface area contributed by atoms with Gasteiger partial charge in [-0.1, -0.05) is 6.92 Å². The van der Waals surface area contributed by atoms with Crippen LogP contribution in [0.15, 0.2) is 47.4 Å². The number of rotatable bonds is 9. The number of nitrogens with zero attached hydrogens (tertiary/aromatic N) is 2. The standard InChI is InChI=1S/C33H50N4O8S/c1-22(2)34-33(40)35-26-11-16-30-29(18-26)32(39)37(24(4)21-38)19-23(3)31(44-17-9-8-10-25(5)45-30)20-36(6)46(41,42)28-14-12-27(43-7)13-15-28/h11-16,18,22-25,31,38H,8-10,17,19-21H2,1-7H3,(H2,34,35,40)/t23-,24+,25-,31+/m0/s1. The minimum absolute atomic E-state index is 0.0558. The summed E-state index contributed by atoms with van der Waals surface area (Å²) in [5.74, 6) is 0.218. The van der Waals surface area contributed by atoms with Crippen LogP contribution in [0.2, 0.25) is 0 Å². The minimum atomic E-state index is -3.84. The summed E-state index contributed by atoms with van der Waals surface area (Å²) in [6.45, 7) is 9.61. The van der Waals surface area contributed by atoms with E-state index in [0.29, 0.717) is 30.2 Å². The van der Waals surface area contributed by atoms with E-state index in [9.17, 15) is 23.1 Å². The van der Waals surface area contributed by atoms with Gasteiger partial charge in [-0.05, 0) is 89.4 Å². The van der Waals surface area contributed by atoms with Gasteiger partial charge in [0.2, 0.25) is 10.0 Å². The Morgan fingerprint density at radius 3 is 2.46 bits per heavy atom. The van der Waals surface area contributed by atoms with Crippen molar-refractivity contribution in [1.29, 1.82) is 0 Å². The molecule has 1 aliphatic rings. The van der Waals surface area contributed by atoms with Crippen LogP contribution in [-0.2, 0) is 14.8 Å². The van der Waals surface area contributed by atoms with Gasteiger partial charge in [0.15, 0.2) is 0 Å². The highest BCUT2D eigenvalue weighted by molar-refractivity contribution is 7.89. The number of carbonyl (C=O) groups excluding carboxylic acids is 2. The third-order valence-electron chi connectivity index (χ3n) is 7.93. The average molecular weight is 663 g/mol. The van der Waals surface area contributed by atoms with Gasteiger partial charge in [0.1, 0.15) is 11.5 Å². The number of sulfonamides is 1. The third kappa shape index (κ3) is 10.1. The largest absolute Gasteiger partial charge is 0.497 e. The quantitative estimate of drug-likeness (QED) is 0.360. The molecule has 256 valence electrons. The summed E-state index contributed by atoms with van der Waals surface area (Å²) < 4.78 is 45.9. The summed E-state index contributed by atoms with van der Waals surface area (Å²) in [5, 5.41) is 15.7. The van der Waals surface area contributed by atoms with E-state index >= 15 is 0 Å². The number of benzene rings is 2. The normalized spacial score (nSPS) is 20.8. The Labute approximate surface area is 273 Å². The Kier molecular flexibility index (Phi) is 13.7. The molecule has 3 amide bonds. The zero-order valence-electron chi connectivity index (χ0n) is 28.0. The summed E-state index contributed by atoms with van der Waals surface area (Å²) in [4.78, 5) is 28.4. The van der Waals surface area contributed by atoms with E-state index in [1.54, 1.807) is 42.2 Å². The molecular formula is C33H50N4O8S. The Balaban J connectivity index is 1.95. The molecule has 1 aliphatic heterocycles. The number of nitrogens with one attached hydrogen (secondary N) is 2. The monoisotopic (exact) mass is 662 g/mol. The molecule has 0 unspecified atom stereocenters. The van der Waals surface area contributed by atoms with Gasteiger partial charge in [0, 0.05) is 44.4 Å². The summed E-state index contributed by atoms with van der Waals surface area (Å²) in [6, 6.07) is 10.1. The number of ether oxygens (including phenoxy) is 3. The SMILES string of the molecule is COc1ccc(S(=O)(=O)N(C)C[C@H]2OCCCC[C@H](C)Oc3ccc(NC(=O)NC(C)C)cc3C(=O)N([C@H](C)CO)C[C@@H]2C)cc1. The van der Waals surface area contributed by atoms with Gasteiger partial charge in [0.25, 0.3) is 5.91 Å². The Bertz CT molecular complexity index is 1400. The van der Waals surface area contributed by atoms with Gasteiger partial charge < -0.3 is 34.9 Å². The summed E-state index contributed by atoms with van der Waals surface area (Å²) in [5.41, 5.74) is 0.661. The van der Waals surface area contributed by atoms with Crippen molar-refractivity contribution in [3.8, 4) is 11.5 Å². The summed E-state index contributed by atoms with van der Waals surface area (Å²) in [7, 11) is -0.813. The number of hydrogen-bond acceptors (Lipinski definition) is 8. The number of hydrogen-bond donors (Lipinski definition) is 3. The number of anilines is 1. The highest BCUT2D eigenvalue weighted by atomic mass is 32.2. The van der Waals surface area contributed by atoms with Crippen molar-refractivity contribution in [1.82, 2.24) is 14.5 Å². The number of likely N-dealkylation sites (N-methyl/N-ethyl adjacent to an activating group) is 1. The fourth-order valence-electron chi connectivity index (χ4n) is 5.17. The average Bonchev–Trinajstić information content (AvgIpc) is 3.01. The van der Waals surface area contributed by atoms with Crippen LogP contribution in [0.3, 0.4) is 0 Å². The summed E-state index contributed by atoms with van der Waals surface area (Å²) in [6.07, 6.45) is 1.48. The molecule has 0 aromatic heterocycles. The lowest BCUT2D eigenvalue weighted by Gasteiger charge is -2.35. The van der Waals surface area contributed by atoms with E-state index in [4.69, 9.17) is 14.2 Å². The predicted molar refractivity (Wildman–Crippen MR) is 177 cm³/mol. The minimum Gasteiger partial charge on any atom is -0.497 e. The van der Waals surface area contributed by atoms with Crippen LogP contribution < -0.4 is 20.1 Å². The molecule has 0 fully saturated rings. The van der Waals surface area contributed by atoms with Crippen molar-refractivity contribution >= 4 is 27.6 Å². The Hall–Kier alpha value is -3.39. The molecule has 4 atom stereocenters. The molecule has 2 aromatic rings. The molecule has 46 heavy (non-hydrogen) atoms. The number of fused-ring (bicyclic) bond motifs is 1. The summed E-state index contributed by atoms with van der Waals surface area (Å²) >= 11 is 0. The fourth-order valence-corrected chi connectivity index (χ4v) is 6.35. The molecular weight excluding hydrogens is 612 g/mol. The number of urea groups is 1. The molecule has 0 spiro atoms. The lowest BCUT2D eigenvalue weighted by Crippen LogP contribution is -2.48. The van der Waals surface area contributed by atoms with E-state index in [2.05, 4.69) is 10.6 Å². The van der Waals surface area contributed by atoms with E-state index < -0.39 is 34.1 Å². The van der Waals surface area contributed by atoms with E-state index in [0.717, 1.165) is 12.8 Å². The number of methoxy groups -OCH3 is 1. The zero-order chi connectivity index (χ0) is 34.0. The van der Waals surface area contributed by atoms with Crippen LogP contribution in [0.5, 0.6) is 11.5 Å². The first-order valence-electron chi connectivity index (χ1n) is 15.8. The highest BCUT2D eigenvalue weighted by Crippen LogP contribution is 2.29. The molecule has 1 heterocycles. The molecule has 2 aromatic carbocycles. The first kappa shape index (κ1) is 37.1. The van der Waals surface area contributed by atoms with Gasteiger partial charge in [-0.25, -0.2) is 13.2 Å². The Morgan fingerprint density at radius 2 is 1.83 bits per heavy atom. The maximum atomic E-state index is 14.2. The van der Waals surface area contributed by atoms with Crippen LogP contribution in [-0.4, -0.2) is 99.4 Å². The maximum absolute atomic E-state index is 14.2. The fraction of sp³-hybridized carbons (Fsp3) is 0.576. The van der Waals surface area contributed by atoms with Crippen LogP contribution in [0, 0.1) is 5.92 Å². The van der Waals surface area contributed by atoms with E-state index in [-0.39, 0.29) is 48.2 Å². The maximum Gasteiger partial charge on any atom is 0.319 e. The molecule has 13 heteroatoms. The van der Waals surface area contributed by atoms with Crippen molar-refractivity contribution in [2.45, 2.75) is 83.1 Å². The molecule has 0 saturated carbocycles. The van der Waals surface area contributed by atoms with Crippen LogP contribution in [0.25, 0.3) is 0 Å². The van der Waals surface area contributed by atoms with Gasteiger partial charge >= 0.3 is 6.03 Å². The van der Waals surface area contributed by atoms with Crippen molar-refractivity contribution in [2.24, 2.45) is 5.92 Å². The molecule has 12 nitrogen and oxygen atoms in total. The first-order valence-corrected chi connectivity index (χ1v) is 17.2. The third-order valence-corrected chi connectivity index (χ3v) is 9.77. The van der Waals surface area contributed by atoms with Crippen LogP contribution in [0.1, 0.15) is 64.2 Å². The van der Waals surface area contributed by atoms with Crippen LogP contribution >= 0.6 is 0 Å². The van der Waals surface area contributed by atoms with Crippen molar-refractivity contribution in [3.05, 3.63) is 48.0 Å². The van der Waals surface area contributed by atoms with Crippen molar-refractivity contribution in [3.63, 3.8) is 0 Å². The number of carbonyl (C=O) groups is 2. The van der Waals surface area contributed by atoms with Gasteiger partial charge in [-0.15, -0.1) is 0 Å². The predicted octanol–water partition coefficient (Wildman–Crippen LogP) is 4.34. The van der Waals surface area contributed by atoms with Crippen molar-refractivity contribution in [2.75, 3.05) is 45.8 Å². The van der Waals surface area contributed by atoms with Gasteiger partial charge in [0.05, 0.1) is 42.4 Å². The lowest BCUT2D eigenvalue weighted by molar-refractivity contribution is -0.00834. The zero-order valence-corrected chi connectivity index (χ0v) is 28.8. The van der Waals surface area contributed by atoms with Gasteiger partial charge in [-0.3, -0.25) is 4.79 Å². The lowest BCUT2D eigenvalue weighted by atomic mass is 10.0. The molecule has 3 N–H and O–H groups in total. The number of amides is 3. The number of aliphatic hydroxyl groups is 1. The van der Waals surface area contributed by atoms with E-state index in [1.807, 2.05) is 27.7 Å². The molecule has 3 rings (SSSR count). The smallest absolute Gasteiger partial charge is 0.319 e. The second kappa shape index (κ2) is 17.0. The van der Waals surface area contributed by atoms with Crippen LogP contribution in [0.4, 0.5) is 10.5 Å². The Morgan fingerprint density at radius 1 is 1.13 bits per heavy atom. The van der Waals surface area contributed by atoms with E-state index in [1.165, 1.54) is 30.6 Å². The molecule has 0 aliphatic carbocycles. The molecule has 0 radical (unpaired) electrons. The van der Waals surface area contributed by atoms with Crippen molar-refractivity contribution < 1.29 is 37.3 Å².